The van der Waals surface area contributed by atoms with Crippen molar-refractivity contribution in [3.63, 3.8) is 0 Å². The Bertz CT molecular complexity index is 617. The van der Waals surface area contributed by atoms with Gasteiger partial charge in [-0.15, -0.1) is 24.0 Å². The van der Waals surface area contributed by atoms with Gasteiger partial charge in [0.05, 0.1) is 0 Å². The molecule has 1 unspecified atom stereocenters. The van der Waals surface area contributed by atoms with Crippen LogP contribution in [0.25, 0.3) is 11.1 Å². The molecule has 2 aromatic rings. The molecular weight excluding hydrogens is 594 g/mol. The van der Waals surface area contributed by atoms with Gasteiger partial charge in [0.25, 0.3) is 0 Å². The van der Waals surface area contributed by atoms with Gasteiger partial charge in [-0.25, -0.2) is 4.57 Å². The Balaban J connectivity index is 0.00000420. The molecule has 0 saturated heterocycles. The summed E-state index contributed by atoms with van der Waals surface area (Å²) >= 11 is 0. The van der Waals surface area contributed by atoms with Gasteiger partial charge in [-0.3, -0.25) is 4.98 Å². The van der Waals surface area contributed by atoms with E-state index in [4.69, 9.17) is 0 Å². The van der Waals surface area contributed by atoms with E-state index in [1.165, 1.54) is 88.2 Å². The first-order chi connectivity index (χ1) is 13.8. The molecule has 2 aromatic heterocycles. The first kappa shape index (κ1) is 29.8. The fraction of sp³-hybridized carbons (Fsp3) is 0.615. The van der Waals surface area contributed by atoms with Crippen molar-refractivity contribution in [2.24, 2.45) is 5.92 Å². The summed E-state index contributed by atoms with van der Waals surface area (Å²) < 4.78 is 2.40. The number of hydrogen-bond acceptors (Lipinski definition) is 1. The molecule has 0 amide bonds. The minimum Gasteiger partial charge on any atom is -1.00 e. The highest BCUT2D eigenvalue weighted by Gasteiger charge is 2.14. The van der Waals surface area contributed by atoms with Crippen LogP contribution in [-0.2, 0) is 6.54 Å². The van der Waals surface area contributed by atoms with Gasteiger partial charge in [0.2, 0.25) is 0 Å². The molecule has 4 heteroatoms. The number of unbranched alkanes of at least 4 members (excludes halogenated alkanes) is 8. The van der Waals surface area contributed by atoms with E-state index in [1.807, 2.05) is 12.4 Å². The Kier molecular flexibility index (Phi) is 19.3. The first-order valence-corrected chi connectivity index (χ1v) is 11.7. The normalized spacial score (nSPS) is 11.4. The molecule has 170 valence electrons. The first-order valence-electron chi connectivity index (χ1n) is 11.7. The molecule has 0 aliphatic carbocycles. The van der Waals surface area contributed by atoms with Crippen LogP contribution < -0.4 is 28.5 Å². The van der Waals surface area contributed by atoms with E-state index in [9.17, 15) is 0 Å². The predicted octanol–water partition coefficient (Wildman–Crippen LogP) is 5.00. The zero-order valence-electron chi connectivity index (χ0n) is 19.1. The van der Waals surface area contributed by atoms with Crippen LogP contribution in [0.4, 0.5) is 0 Å². The van der Waals surface area contributed by atoms with Gasteiger partial charge in [-0.2, -0.15) is 0 Å². The third kappa shape index (κ3) is 12.6. The maximum Gasteiger partial charge on any atom is 0.169 e. The Labute approximate surface area is 219 Å². The lowest BCUT2D eigenvalue weighted by atomic mass is 9.94. The van der Waals surface area contributed by atoms with Crippen molar-refractivity contribution >= 4 is 24.0 Å². The quantitative estimate of drug-likeness (QED) is 0.153. The molecule has 30 heavy (non-hydrogen) atoms. The fourth-order valence-electron chi connectivity index (χ4n) is 4.01. The number of pyridine rings is 2. The van der Waals surface area contributed by atoms with Gasteiger partial charge < -0.3 is 24.0 Å². The van der Waals surface area contributed by atoms with Crippen LogP contribution in [0, 0.1) is 5.92 Å². The lowest BCUT2D eigenvalue weighted by molar-refractivity contribution is -0.703. The van der Waals surface area contributed by atoms with Gasteiger partial charge in [-0.1, -0.05) is 78.1 Å². The molecule has 0 aliphatic rings. The van der Waals surface area contributed by atoms with E-state index in [-0.39, 0.29) is 48.0 Å². The fourth-order valence-corrected chi connectivity index (χ4v) is 4.01. The standard InChI is InChI=1S/C26H41N2.2HI/c1-3-5-7-9-10-12-14-24(13-11-8-6-4-2)23-28-21-17-26(18-22-28)25-15-19-27-20-16-25;;/h15-22,24H,3-14,23H2,1-2H3;2*1H/q+1;;/p-1. The van der Waals surface area contributed by atoms with Gasteiger partial charge in [0.15, 0.2) is 18.9 Å². The molecule has 0 radical (unpaired) electrons. The third-order valence-electron chi connectivity index (χ3n) is 5.81. The molecule has 0 fully saturated rings. The van der Waals surface area contributed by atoms with Crippen LogP contribution in [0.15, 0.2) is 49.1 Å². The summed E-state index contributed by atoms with van der Waals surface area (Å²) in [5, 5.41) is 0. The molecule has 0 aromatic carbocycles. The number of rotatable bonds is 15. The average Bonchev–Trinajstić information content (AvgIpc) is 2.74. The largest absolute Gasteiger partial charge is 1.00 e. The van der Waals surface area contributed by atoms with E-state index in [2.05, 4.69) is 60.1 Å². The predicted molar refractivity (Wildman–Crippen MR) is 136 cm³/mol. The van der Waals surface area contributed by atoms with Crippen molar-refractivity contribution in [1.29, 1.82) is 0 Å². The van der Waals surface area contributed by atoms with Crippen LogP contribution in [0.2, 0.25) is 0 Å². The van der Waals surface area contributed by atoms with Gasteiger partial charge in [0, 0.05) is 30.4 Å². The van der Waals surface area contributed by atoms with E-state index in [1.54, 1.807) is 0 Å². The van der Waals surface area contributed by atoms with E-state index >= 15 is 0 Å². The van der Waals surface area contributed by atoms with Crippen molar-refractivity contribution in [2.45, 2.75) is 97.4 Å². The lowest BCUT2D eigenvalue weighted by Crippen LogP contribution is -3.00. The van der Waals surface area contributed by atoms with Crippen molar-refractivity contribution < 1.29 is 28.5 Å². The molecule has 0 bridgehead atoms. The van der Waals surface area contributed by atoms with Crippen LogP contribution in [-0.4, -0.2) is 4.98 Å². The summed E-state index contributed by atoms with van der Waals surface area (Å²) in [5.41, 5.74) is 2.51. The van der Waals surface area contributed by atoms with Gasteiger partial charge in [-0.05, 0) is 36.1 Å². The van der Waals surface area contributed by atoms with Crippen molar-refractivity contribution in [2.75, 3.05) is 0 Å². The number of hydrogen-bond donors (Lipinski definition) is 0. The zero-order valence-corrected chi connectivity index (χ0v) is 23.6. The summed E-state index contributed by atoms with van der Waals surface area (Å²) in [5.74, 6) is 0.819. The van der Waals surface area contributed by atoms with Crippen LogP contribution in [0.1, 0.15) is 90.9 Å². The number of nitrogens with zero attached hydrogens (tertiary/aromatic N) is 2. The highest BCUT2D eigenvalue weighted by atomic mass is 127. The molecule has 2 heterocycles. The van der Waals surface area contributed by atoms with E-state index in [0.717, 1.165) is 12.5 Å². The lowest BCUT2D eigenvalue weighted by Gasteiger charge is -2.14. The molecule has 0 N–H and O–H groups in total. The van der Waals surface area contributed by atoms with Crippen molar-refractivity contribution in [1.82, 2.24) is 4.98 Å². The second-order valence-electron chi connectivity index (χ2n) is 8.29. The molecule has 1 atom stereocenters. The van der Waals surface area contributed by atoms with Crippen LogP contribution in [0.5, 0.6) is 0 Å². The summed E-state index contributed by atoms with van der Waals surface area (Å²) in [6, 6.07) is 8.64. The summed E-state index contributed by atoms with van der Waals surface area (Å²) in [4.78, 5) is 4.12. The summed E-state index contributed by atoms with van der Waals surface area (Å²) in [7, 11) is 0. The minimum atomic E-state index is 0. The zero-order chi connectivity index (χ0) is 19.9. The van der Waals surface area contributed by atoms with Crippen molar-refractivity contribution in [3.05, 3.63) is 49.1 Å². The average molecular weight is 636 g/mol. The smallest absolute Gasteiger partial charge is 0.169 e. The summed E-state index contributed by atoms with van der Waals surface area (Å²) in [6.45, 7) is 5.76. The highest BCUT2D eigenvalue weighted by Crippen LogP contribution is 2.20. The van der Waals surface area contributed by atoms with Crippen molar-refractivity contribution in [3.8, 4) is 11.1 Å². The molecule has 0 saturated carbocycles. The maximum absolute atomic E-state index is 4.12. The minimum absolute atomic E-state index is 0. The maximum atomic E-state index is 4.12. The number of halogens is 2. The topological polar surface area (TPSA) is 16.8 Å². The van der Waals surface area contributed by atoms with Crippen LogP contribution >= 0.6 is 24.0 Å². The second-order valence-corrected chi connectivity index (χ2v) is 8.29. The van der Waals surface area contributed by atoms with Gasteiger partial charge in [0.1, 0.15) is 0 Å². The number of aromatic nitrogens is 2. The monoisotopic (exact) mass is 636 g/mol. The Hall–Kier alpha value is -0.240. The highest BCUT2D eigenvalue weighted by molar-refractivity contribution is 14.0. The van der Waals surface area contributed by atoms with Gasteiger partial charge >= 0.3 is 0 Å². The third-order valence-corrected chi connectivity index (χ3v) is 5.81. The molecule has 2 rings (SSSR count). The molecular formula is C26H42I2N2. The molecule has 0 spiro atoms. The Morgan fingerprint density at radius 2 is 1.17 bits per heavy atom. The van der Waals surface area contributed by atoms with Crippen LogP contribution in [0.3, 0.4) is 0 Å². The Morgan fingerprint density at radius 1 is 0.700 bits per heavy atom. The summed E-state index contributed by atoms with van der Waals surface area (Å²) in [6.07, 6.45) is 24.9. The second kappa shape index (κ2) is 19.4. The Morgan fingerprint density at radius 3 is 1.73 bits per heavy atom. The molecule has 2 nitrogen and oxygen atoms in total. The van der Waals surface area contributed by atoms with E-state index < -0.39 is 0 Å². The SMILES string of the molecule is CCCCCCCCC(CCCCCC)C[n+]1ccc(-c2ccncc2)cc1.I.[I-]. The van der Waals surface area contributed by atoms with E-state index in [0.29, 0.717) is 0 Å². The molecule has 0 aliphatic heterocycles.